The third kappa shape index (κ3) is 3.51. The van der Waals surface area contributed by atoms with Gasteiger partial charge in [-0.1, -0.05) is 18.2 Å². The molecule has 0 saturated heterocycles. The van der Waals surface area contributed by atoms with E-state index >= 15 is 0 Å². The number of hydrogen-bond acceptors (Lipinski definition) is 5. The van der Waals surface area contributed by atoms with Crippen molar-refractivity contribution in [2.45, 2.75) is 11.1 Å². The van der Waals surface area contributed by atoms with Crippen molar-refractivity contribution >= 4 is 27.6 Å². The van der Waals surface area contributed by atoms with Crippen LogP contribution in [0.1, 0.15) is 11.1 Å². The number of hydrogen-bond donors (Lipinski definition) is 0. The Morgan fingerprint density at radius 2 is 1.79 bits per heavy atom. The van der Waals surface area contributed by atoms with Gasteiger partial charge in [-0.3, -0.25) is 0 Å². The van der Waals surface area contributed by atoms with E-state index in [1.165, 1.54) is 24.3 Å². The zero-order chi connectivity index (χ0) is 20.5. The van der Waals surface area contributed by atoms with Crippen molar-refractivity contribution in [1.29, 1.82) is 5.26 Å². The highest BCUT2D eigenvalue weighted by Gasteiger charge is 2.32. The quantitative estimate of drug-likeness (QED) is 0.594. The number of nitrogens with zero attached hydrogens (tertiary/aromatic N) is 5. The van der Waals surface area contributed by atoms with Crippen LogP contribution in [0.4, 0.5) is 19.0 Å². The molecule has 1 aromatic carbocycles. The van der Waals surface area contributed by atoms with Gasteiger partial charge in [0.05, 0.1) is 16.7 Å². The molecule has 0 unspecified atom stereocenters. The number of benzene rings is 1. The summed E-state index contributed by atoms with van der Waals surface area (Å²) in [5.74, 6) is -0.529. The van der Waals surface area contributed by atoms with E-state index in [4.69, 9.17) is 11.8 Å². The summed E-state index contributed by atoms with van der Waals surface area (Å²) < 4.78 is 64.8. The van der Waals surface area contributed by atoms with Gasteiger partial charge in [0.1, 0.15) is 11.6 Å². The average molecular weight is 428 g/mol. The Balaban J connectivity index is 2.10. The molecule has 0 aliphatic rings. The summed E-state index contributed by atoms with van der Waals surface area (Å²) in [6, 6.07) is 10.7. The predicted molar refractivity (Wildman–Crippen MR) is 93.0 cm³/mol. The normalized spacial score (nSPS) is 11.8. The first-order valence-electron chi connectivity index (χ1n) is 7.44. The van der Waals surface area contributed by atoms with E-state index in [0.29, 0.717) is 10.0 Å². The van der Waals surface area contributed by atoms with Crippen LogP contribution in [0.25, 0.3) is 5.82 Å². The lowest BCUT2D eigenvalue weighted by atomic mass is 10.3. The van der Waals surface area contributed by atoms with Crippen molar-refractivity contribution in [3.05, 3.63) is 66.0 Å². The van der Waals surface area contributed by atoms with Crippen LogP contribution in [0, 0.1) is 11.3 Å². The van der Waals surface area contributed by atoms with Crippen LogP contribution in [-0.2, 0) is 16.2 Å². The molecule has 0 atom stereocenters. The Kier molecular flexibility index (Phi) is 5.01. The van der Waals surface area contributed by atoms with E-state index < -0.39 is 21.8 Å². The molecule has 0 saturated carbocycles. The summed E-state index contributed by atoms with van der Waals surface area (Å²) in [7, 11) is -4.28. The molecule has 144 valence electrons. The molecule has 2 aromatic heterocycles. The molecule has 28 heavy (non-hydrogen) atoms. The fourth-order valence-electron chi connectivity index (χ4n) is 2.24. The number of halogens is 4. The van der Waals surface area contributed by atoms with Gasteiger partial charge in [-0.2, -0.15) is 40.5 Å². The van der Waals surface area contributed by atoms with Gasteiger partial charge in [-0.15, -0.1) is 0 Å². The standard InChI is InChI=1S/C16H9ClF3N5O2S/c17-25(28(26,27)13-4-2-1-3-5-13)15-11(8-21)9-23-24(15)14-7-6-12(10-22-14)16(18,19)20/h1-7,9-10H. The van der Waals surface area contributed by atoms with Gasteiger partial charge in [0.15, 0.2) is 11.6 Å². The Hall–Kier alpha value is -3.10. The second-order valence-electron chi connectivity index (χ2n) is 5.34. The van der Waals surface area contributed by atoms with Gasteiger partial charge in [0, 0.05) is 18.0 Å². The monoisotopic (exact) mass is 427 g/mol. The molecule has 3 aromatic rings. The molecule has 0 bridgehead atoms. The molecular weight excluding hydrogens is 419 g/mol. The molecule has 12 heteroatoms. The van der Waals surface area contributed by atoms with E-state index in [2.05, 4.69) is 10.1 Å². The molecule has 2 heterocycles. The summed E-state index contributed by atoms with van der Waals surface area (Å²) in [4.78, 5) is 3.50. The number of rotatable bonds is 4. The van der Waals surface area contributed by atoms with Gasteiger partial charge in [-0.05, 0) is 24.3 Å². The van der Waals surface area contributed by atoms with E-state index in [9.17, 15) is 26.9 Å². The van der Waals surface area contributed by atoms with Crippen molar-refractivity contribution in [2.75, 3.05) is 3.82 Å². The topological polar surface area (TPSA) is 91.9 Å². The predicted octanol–water partition coefficient (Wildman–Crippen LogP) is 3.51. The van der Waals surface area contributed by atoms with E-state index in [1.807, 2.05) is 0 Å². The number of alkyl halides is 3. The summed E-state index contributed by atoms with van der Waals surface area (Å²) in [6.45, 7) is 0. The largest absolute Gasteiger partial charge is 0.417 e. The van der Waals surface area contributed by atoms with E-state index in [1.54, 1.807) is 12.1 Å². The first-order chi connectivity index (χ1) is 13.2. The fraction of sp³-hybridized carbons (Fsp3) is 0.0625. The fourth-order valence-corrected chi connectivity index (χ4v) is 3.73. The van der Waals surface area contributed by atoms with Crippen LogP contribution in [0.5, 0.6) is 0 Å². The third-order valence-corrected chi connectivity index (χ3v) is 5.74. The van der Waals surface area contributed by atoms with Crippen molar-refractivity contribution < 1.29 is 21.6 Å². The summed E-state index contributed by atoms with van der Waals surface area (Å²) >= 11 is 6.04. The highest BCUT2D eigenvalue weighted by molar-refractivity contribution is 7.94. The van der Waals surface area contributed by atoms with Crippen molar-refractivity contribution in [2.24, 2.45) is 0 Å². The van der Waals surface area contributed by atoms with E-state index in [0.717, 1.165) is 23.0 Å². The number of sulfonamides is 1. The lowest BCUT2D eigenvalue weighted by molar-refractivity contribution is -0.137. The minimum Gasteiger partial charge on any atom is -0.236 e. The van der Waals surface area contributed by atoms with Crippen LogP contribution in [0.2, 0.25) is 0 Å². The van der Waals surface area contributed by atoms with Gasteiger partial charge in [0.25, 0.3) is 10.0 Å². The number of pyridine rings is 1. The van der Waals surface area contributed by atoms with Gasteiger partial charge in [-0.25, -0.2) is 4.98 Å². The van der Waals surface area contributed by atoms with Gasteiger partial charge < -0.3 is 0 Å². The maximum atomic E-state index is 12.7. The smallest absolute Gasteiger partial charge is 0.236 e. The van der Waals surface area contributed by atoms with Gasteiger partial charge >= 0.3 is 6.18 Å². The first kappa shape index (κ1) is 19.7. The molecular formula is C16H9ClF3N5O2S. The third-order valence-electron chi connectivity index (χ3n) is 3.58. The Bertz CT molecular complexity index is 1140. The zero-order valence-corrected chi connectivity index (χ0v) is 15.2. The summed E-state index contributed by atoms with van der Waals surface area (Å²) in [6.07, 6.45) is -2.99. The summed E-state index contributed by atoms with van der Waals surface area (Å²) in [5.41, 5.74) is -1.21. The maximum Gasteiger partial charge on any atom is 0.417 e. The molecule has 0 fully saturated rings. The van der Waals surface area contributed by atoms with Crippen molar-refractivity contribution in [3.63, 3.8) is 0 Å². The highest BCUT2D eigenvalue weighted by Crippen LogP contribution is 2.32. The highest BCUT2D eigenvalue weighted by atomic mass is 35.5. The zero-order valence-electron chi connectivity index (χ0n) is 13.7. The number of aromatic nitrogens is 3. The Morgan fingerprint density at radius 1 is 1.11 bits per heavy atom. The molecule has 0 aliphatic heterocycles. The number of anilines is 1. The Morgan fingerprint density at radius 3 is 2.32 bits per heavy atom. The average Bonchev–Trinajstić information content (AvgIpc) is 3.11. The van der Waals surface area contributed by atoms with Crippen molar-refractivity contribution in [3.8, 4) is 11.9 Å². The second-order valence-corrected chi connectivity index (χ2v) is 7.67. The molecule has 3 rings (SSSR count). The SMILES string of the molecule is N#Cc1cnn(-c2ccc(C(F)(F)F)cn2)c1N(Cl)S(=O)(=O)c1ccccc1. The van der Waals surface area contributed by atoms with Crippen LogP contribution >= 0.6 is 11.8 Å². The van der Waals surface area contributed by atoms with Crippen molar-refractivity contribution in [1.82, 2.24) is 14.8 Å². The summed E-state index contributed by atoms with van der Waals surface area (Å²) in [5, 5.41) is 13.1. The van der Waals surface area contributed by atoms with Crippen LogP contribution in [-0.4, -0.2) is 23.2 Å². The lowest BCUT2D eigenvalue weighted by Crippen LogP contribution is -2.24. The minimum absolute atomic E-state index is 0.151. The molecule has 0 spiro atoms. The van der Waals surface area contributed by atoms with E-state index in [-0.39, 0.29) is 22.1 Å². The second kappa shape index (κ2) is 7.14. The van der Waals surface area contributed by atoms with Crippen LogP contribution in [0.15, 0.2) is 59.8 Å². The van der Waals surface area contributed by atoms with Crippen LogP contribution in [0.3, 0.4) is 0 Å². The molecule has 0 amide bonds. The molecule has 0 aliphatic carbocycles. The van der Waals surface area contributed by atoms with Crippen LogP contribution < -0.4 is 3.82 Å². The molecule has 0 radical (unpaired) electrons. The lowest BCUT2D eigenvalue weighted by Gasteiger charge is -2.17. The van der Waals surface area contributed by atoms with Gasteiger partial charge in [0.2, 0.25) is 0 Å². The molecule has 7 nitrogen and oxygen atoms in total. The molecule has 0 N–H and O–H groups in total. The minimum atomic E-state index is -4.59. The number of nitriles is 1. The first-order valence-corrected chi connectivity index (χ1v) is 9.22. The maximum absolute atomic E-state index is 12.7. The Labute approximate surface area is 162 Å².